The minimum absolute atomic E-state index is 0.0201. The Morgan fingerprint density at radius 2 is 2.17 bits per heavy atom. The molecule has 3 heterocycles. The first-order valence-electron chi connectivity index (χ1n) is 8.29. The summed E-state index contributed by atoms with van der Waals surface area (Å²) in [6.45, 7) is 8.48. The van der Waals surface area contributed by atoms with Crippen LogP contribution >= 0.6 is 0 Å². The Labute approximate surface area is 136 Å². The summed E-state index contributed by atoms with van der Waals surface area (Å²) in [5.41, 5.74) is 1.23. The second kappa shape index (κ2) is 6.22. The molecule has 1 atom stereocenters. The summed E-state index contributed by atoms with van der Waals surface area (Å²) < 4.78 is 5.34. The van der Waals surface area contributed by atoms with Gasteiger partial charge in [-0.25, -0.2) is 4.79 Å². The lowest BCUT2D eigenvalue weighted by Crippen LogP contribution is -2.50. The van der Waals surface area contributed by atoms with Crippen molar-refractivity contribution >= 4 is 11.9 Å². The third kappa shape index (κ3) is 2.92. The SMILES string of the molecule is Cc1noc(C(C)C)c1C(=O)N1CCC[C@H](N2CCNC2=O)C1. The minimum Gasteiger partial charge on any atom is -0.360 e. The van der Waals surface area contributed by atoms with E-state index in [1.54, 1.807) is 6.92 Å². The molecule has 0 saturated carbocycles. The van der Waals surface area contributed by atoms with Gasteiger partial charge in [-0.15, -0.1) is 0 Å². The number of urea groups is 1. The van der Waals surface area contributed by atoms with E-state index in [1.807, 2.05) is 23.6 Å². The predicted octanol–water partition coefficient (Wildman–Crippen LogP) is 1.74. The van der Waals surface area contributed by atoms with E-state index in [2.05, 4.69) is 10.5 Å². The lowest BCUT2D eigenvalue weighted by atomic mass is 10.0. The van der Waals surface area contributed by atoms with E-state index < -0.39 is 0 Å². The Bertz CT molecular complexity index is 610. The Hall–Kier alpha value is -2.05. The highest BCUT2D eigenvalue weighted by molar-refractivity contribution is 5.96. The zero-order valence-corrected chi connectivity index (χ0v) is 14.0. The molecule has 3 rings (SSSR count). The highest BCUT2D eigenvalue weighted by Gasteiger charge is 2.35. The van der Waals surface area contributed by atoms with Crippen LogP contribution in [0, 0.1) is 6.92 Å². The van der Waals surface area contributed by atoms with Gasteiger partial charge in [0.25, 0.3) is 5.91 Å². The van der Waals surface area contributed by atoms with Crippen molar-refractivity contribution in [1.82, 2.24) is 20.3 Å². The Kier molecular flexibility index (Phi) is 4.28. The number of nitrogens with one attached hydrogen (secondary N) is 1. The number of hydrogen-bond acceptors (Lipinski definition) is 4. The fraction of sp³-hybridized carbons (Fsp3) is 0.688. The van der Waals surface area contributed by atoms with Crippen LogP contribution in [0.25, 0.3) is 0 Å². The highest BCUT2D eigenvalue weighted by Crippen LogP contribution is 2.26. The maximum atomic E-state index is 13.0. The van der Waals surface area contributed by atoms with Crippen LogP contribution < -0.4 is 5.32 Å². The lowest BCUT2D eigenvalue weighted by molar-refractivity contribution is 0.0631. The van der Waals surface area contributed by atoms with Gasteiger partial charge >= 0.3 is 6.03 Å². The molecule has 2 aliphatic rings. The van der Waals surface area contributed by atoms with Gasteiger partial charge in [0.1, 0.15) is 5.56 Å². The van der Waals surface area contributed by atoms with Gasteiger partial charge in [0.2, 0.25) is 0 Å². The van der Waals surface area contributed by atoms with E-state index in [4.69, 9.17) is 4.52 Å². The first-order valence-corrected chi connectivity index (χ1v) is 8.29. The maximum Gasteiger partial charge on any atom is 0.317 e. The third-order valence-electron chi connectivity index (χ3n) is 4.64. The van der Waals surface area contributed by atoms with Crippen LogP contribution in [0.4, 0.5) is 4.79 Å². The monoisotopic (exact) mass is 320 g/mol. The topological polar surface area (TPSA) is 78.7 Å². The van der Waals surface area contributed by atoms with Crippen molar-refractivity contribution in [3.05, 3.63) is 17.0 Å². The molecule has 0 bridgehead atoms. The molecule has 0 unspecified atom stereocenters. The zero-order valence-electron chi connectivity index (χ0n) is 14.0. The fourth-order valence-corrected chi connectivity index (χ4v) is 3.43. The summed E-state index contributed by atoms with van der Waals surface area (Å²) in [4.78, 5) is 28.5. The van der Waals surface area contributed by atoms with Crippen LogP contribution in [0.1, 0.15) is 54.4 Å². The molecule has 0 radical (unpaired) electrons. The van der Waals surface area contributed by atoms with E-state index in [9.17, 15) is 9.59 Å². The fourth-order valence-electron chi connectivity index (χ4n) is 3.43. The Morgan fingerprint density at radius 3 is 2.83 bits per heavy atom. The van der Waals surface area contributed by atoms with Gasteiger partial charge in [0.15, 0.2) is 5.76 Å². The summed E-state index contributed by atoms with van der Waals surface area (Å²) in [6, 6.07) is 0.0752. The lowest BCUT2D eigenvalue weighted by Gasteiger charge is -2.37. The van der Waals surface area contributed by atoms with Gasteiger partial charge in [-0.3, -0.25) is 4.79 Å². The van der Waals surface area contributed by atoms with Gasteiger partial charge in [0, 0.05) is 32.1 Å². The molecule has 0 spiro atoms. The molecule has 1 aromatic heterocycles. The van der Waals surface area contributed by atoms with Crippen LogP contribution in [-0.4, -0.2) is 59.1 Å². The molecule has 23 heavy (non-hydrogen) atoms. The average Bonchev–Trinajstić information content (AvgIpc) is 3.12. The molecule has 0 aromatic carbocycles. The van der Waals surface area contributed by atoms with Crippen molar-refractivity contribution in [2.75, 3.05) is 26.2 Å². The number of carbonyl (C=O) groups excluding carboxylic acids is 2. The van der Waals surface area contributed by atoms with Gasteiger partial charge < -0.3 is 19.6 Å². The minimum atomic E-state index is -0.0308. The van der Waals surface area contributed by atoms with Crippen LogP contribution in [0.5, 0.6) is 0 Å². The molecule has 0 aliphatic carbocycles. The predicted molar refractivity (Wildman–Crippen MR) is 84.4 cm³/mol. The van der Waals surface area contributed by atoms with E-state index in [-0.39, 0.29) is 23.9 Å². The number of likely N-dealkylation sites (tertiary alicyclic amines) is 1. The molecule has 3 amide bonds. The first-order chi connectivity index (χ1) is 11.0. The number of aromatic nitrogens is 1. The summed E-state index contributed by atoms with van der Waals surface area (Å²) in [6.07, 6.45) is 1.85. The standard InChI is InChI=1S/C16H24N4O3/c1-10(2)14-13(11(3)18-23-14)15(21)19-7-4-5-12(9-19)20-8-6-17-16(20)22/h10,12H,4-9H2,1-3H3,(H,17,22)/t12-/m0/s1. The zero-order chi connectivity index (χ0) is 16.6. The highest BCUT2D eigenvalue weighted by atomic mass is 16.5. The molecular formula is C16H24N4O3. The van der Waals surface area contributed by atoms with Crippen molar-refractivity contribution in [1.29, 1.82) is 0 Å². The number of hydrogen-bond donors (Lipinski definition) is 1. The van der Waals surface area contributed by atoms with Crippen molar-refractivity contribution in [2.24, 2.45) is 0 Å². The largest absolute Gasteiger partial charge is 0.360 e. The van der Waals surface area contributed by atoms with Crippen molar-refractivity contribution < 1.29 is 14.1 Å². The smallest absolute Gasteiger partial charge is 0.317 e. The van der Waals surface area contributed by atoms with Crippen molar-refractivity contribution in [3.8, 4) is 0 Å². The number of carbonyl (C=O) groups is 2. The molecule has 1 N–H and O–H groups in total. The molecule has 2 aliphatic heterocycles. The van der Waals surface area contributed by atoms with E-state index in [0.29, 0.717) is 36.7 Å². The van der Waals surface area contributed by atoms with Gasteiger partial charge in [-0.1, -0.05) is 19.0 Å². The van der Waals surface area contributed by atoms with Crippen LogP contribution in [0.15, 0.2) is 4.52 Å². The van der Waals surface area contributed by atoms with Gasteiger partial charge in [-0.2, -0.15) is 0 Å². The normalized spacial score (nSPS) is 21.9. The van der Waals surface area contributed by atoms with Crippen molar-refractivity contribution in [3.63, 3.8) is 0 Å². The Balaban J connectivity index is 1.77. The number of piperidine rings is 1. The number of amides is 3. The van der Waals surface area contributed by atoms with E-state index in [0.717, 1.165) is 19.4 Å². The number of rotatable bonds is 3. The summed E-state index contributed by atoms with van der Waals surface area (Å²) in [7, 11) is 0. The van der Waals surface area contributed by atoms with E-state index >= 15 is 0 Å². The summed E-state index contributed by atoms with van der Waals surface area (Å²) in [5, 5.41) is 6.80. The molecule has 1 aromatic rings. The van der Waals surface area contributed by atoms with Crippen LogP contribution in [-0.2, 0) is 0 Å². The maximum absolute atomic E-state index is 13.0. The molecular weight excluding hydrogens is 296 g/mol. The third-order valence-corrected chi connectivity index (χ3v) is 4.64. The molecule has 7 heteroatoms. The van der Waals surface area contributed by atoms with Gasteiger partial charge in [0.05, 0.1) is 11.7 Å². The van der Waals surface area contributed by atoms with Crippen LogP contribution in [0.3, 0.4) is 0 Å². The molecule has 2 fully saturated rings. The van der Waals surface area contributed by atoms with Crippen molar-refractivity contribution in [2.45, 2.75) is 45.6 Å². The number of aryl methyl sites for hydroxylation is 1. The quantitative estimate of drug-likeness (QED) is 0.920. The first kappa shape index (κ1) is 15.8. The van der Waals surface area contributed by atoms with Crippen LogP contribution in [0.2, 0.25) is 0 Å². The molecule has 126 valence electrons. The molecule has 2 saturated heterocycles. The molecule has 7 nitrogen and oxygen atoms in total. The van der Waals surface area contributed by atoms with Gasteiger partial charge in [-0.05, 0) is 19.8 Å². The second-order valence-corrected chi connectivity index (χ2v) is 6.63. The van der Waals surface area contributed by atoms with E-state index in [1.165, 1.54) is 0 Å². The average molecular weight is 320 g/mol. The summed E-state index contributed by atoms with van der Waals surface area (Å²) >= 11 is 0. The number of nitrogens with zero attached hydrogens (tertiary/aromatic N) is 3. The summed E-state index contributed by atoms with van der Waals surface area (Å²) in [5.74, 6) is 0.727. The second-order valence-electron chi connectivity index (χ2n) is 6.63. The Morgan fingerprint density at radius 1 is 1.39 bits per heavy atom.